The molecule has 11 nitrogen and oxygen atoms in total. The van der Waals surface area contributed by atoms with Crippen LogP contribution in [0.1, 0.15) is 47.0 Å². The second kappa shape index (κ2) is 11.1. The van der Waals surface area contributed by atoms with Gasteiger partial charge in [-0.15, -0.1) is 0 Å². The van der Waals surface area contributed by atoms with Crippen molar-refractivity contribution < 1.29 is 39.3 Å². The normalized spacial score (nSPS) is 14.8. The van der Waals surface area contributed by atoms with Gasteiger partial charge in [0.25, 0.3) is 0 Å². The number of hydrogen-bond donors (Lipinski definition) is 4. The van der Waals surface area contributed by atoms with Gasteiger partial charge >= 0.3 is 18.0 Å². The number of rotatable bonds is 10. The monoisotopic (exact) mass is 403 g/mol. The highest BCUT2D eigenvalue weighted by atomic mass is 16.6. The minimum atomic E-state index is -1.65. The number of amidine groups is 1. The molecule has 0 rings (SSSR count). The zero-order valence-electron chi connectivity index (χ0n) is 16.7. The molecule has 1 amide bonds. The van der Waals surface area contributed by atoms with Crippen LogP contribution in [0.4, 0.5) is 4.79 Å². The summed E-state index contributed by atoms with van der Waals surface area (Å²) in [5.41, 5.74) is 5.11. The Bertz CT molecular complexity index is 622. The van der Waals surface area contributed by atoms with Gasteiger partial charge in [-0.05, 0) is 47.0 Å². The molecule has 0 aliphatic heterocycles. The first-order chi connectivity index (χ1) is 12.7. The molecule has 0 heterocycles. The summed E-state index contributed by atoms with van der Waals surface area (Å²) in [5.74, 6) is -4.38. The van der Waals surface area contributed by atoms with E-state index >= 15 is 0 Å². The summed E-state index contributed by atoms with van der Waals surface area (Å²) in [5, 5.41) is 30.4. The van der Waals surface area contributed by atoms with Crippen molar-refractivity contribution >= 4 is 23.9 Å². The summed E-state index contributed by atoms with van der Waals surface area (Å²) >= 11 is 0. The second-order valence-corrected chi connectivity index (χ2v) is 7.15. The van der Waals surface area contributed by atoms with Crippen molar-refractivity contribution in [1.29, 1.82) is 0 Å². The molecule has 11 heteroatoms. The van der Waals surface area contributed by atoms with Gasteiger partial charge < -0.3 is 35.5 Å². The lowest BCUT2D eigenvalue weighted by molar-refractivity contribution is -0.138. The third-order valence-electron chi connectivity index (χ3n) is 3.30. The molecule has 0 aliphatic carbocycles. The Kier molecular flexibility index (Phi) is 10.0. The summed E-state index contributed by atoms with van der Waals surface area (Å²) in [6.07, 6.45) is 0.268. The third kappa shape index (κ3) is 10.4. The first-order valence-electron chi connectivity index (χ1n) is 8.56. The summed E-state index contributed by atoms with van der Waals surface area (Å²) in [7, 11) is 1.43. The van der Waals surface area contributed by atoms with Crippen molar-refractivity contribution in [1.82, 2.24) is 4.90 Å². The Morgan fingerprint density at radius 1 is 1.21 bits per heavy atom. The first-order valence-corrected chi connectivity index (χ1v) is 8.56. The van der Waals surface area contributed by atoms with Crippen LogP contribution in [-0.2, 0) is 19.2 Å². The number of oxime groups is 1. The van der Waals surface area contributed by atoms with E-state index in [0.717, 1.165) is 0 Å². The Hall–Kier alpha value is -2.82. The minimum absolute atomic E-state index is 0.253. The fourth-order valence-electron chi connectivity index (χ4n) is 2.01. The van der Waals surface area contributed by atoms with Crippen LogP contribution in [-0.4, -0.2) is 68.9 Å². The van der Waals surface area contributed by atoms with Crippen molar-refractivity contribution in [2.45, 2.75) is 64.7 Å². The fourth-order valence-corrected chi connectivity index (χ4v) is 2.01. The number of carbonyl (C=O) groups excluding carboxylic acids is 1. The quantitative estimate of drug-likeness (QED) is 0.137. The molecular weight excluding hydrogens is 374 g/mol. The van der Waals surface area contributed by atoms with Crippen LogP contribution in [0.5, 0.6) is 0 Å². The van der Waals surface area contributed by atoms with Crippen molar-refractivity contribution in [3.63, 3.8) is 0 Å². The molecule has 0 spiro atoms. The highest BCUT2D eigenvalue weighted by molar-refractivity contribution is 5.93. The van der Waals surface area contributed by atoms with Crippen molar-refractivity contribution in [3.05, 3.63) is 11.8 Å². The Balaban J connectivity index is 5.48. The molecule has 0 aromatic carbocycles. The van der Waals surface area contributed by atoms with Crippen LogP contribution in [0, 0.1) is 0 Å². The predicted molar refractivity (Wildman–Crippen MR) is 99.4 cm³/mol. The number of carbonyl (C=O) groups is 3. The lowest BCUT2D eigenvalue weighted by Gasteiger charge is -2.30. The molecule has 2 unspecified atom stereocenters. The number of aliphatic hydroxyl groups excluding tert-OH is 1. The van der Waals surface area contributed by atoms with Gasteiger partial charge in [-0.2, -0.15) is 0 Å². The number of aliphatic hydroxyl groups is 1. The number of carboxylic acids is 2. The first kappa shape index (κ1) is 25.2. The standard InChI is InChI=1S/C17H29N3O8/c1-10(21)7-6-8-11(20(5)16(26)27-17(2,3)4)14(18)19-28-12(15(24)25)9-13(22)23/h9-11,21H,6-8H2,1-5H3,(H2,18,19)(H,22,23)(H,24,25)/b12-9+. The maximum Gasteiger partial charge on any atom is 0.410 e. The number of aliphatic carboxylic acids is 2. The van der Waals surface area contributed by atoms with Crippen LogP contribution in [0.3, 0.4) is 0 Å². The second-order valence-electron chi connectivity index (χ2n) is 7.15. The van der Waals surface area contributed by atoms with Crippen LogP contribution in [0.2, 0.25) is 0 Å². The van der Waals surface area contributed by atoms with E-state index in [1.165, 1.54) is 11.9 Å². The zero-order valence-corrected chi connectivity index (χ0v) is 16.7. The molecule has 0 aromatic rings. The number of likely N-dealkylation sites (N-methyl/N-ethyl adjacent to an activating group) is 1. The zero-order chi connectivity index (χ0) is 22.1. The molecule has 0 aromatic heterocycles. The number of amides is 1. The maximum absolute atomic E-state index is 12.3. The van der Waals surface area contributed by atoms with Crippen LogP contribution in [0.25, 0.3) is 0 Å². The molecule has 0 fully saturated rings. The van der Waals surface area contributed by atoms with E-state index in [1.807, 2.05) is 0 Å². The van der Waals surface area contributed by atoms with E-state index in [-0.39, 0.29) is 12.3 Å². The van der Waals surface area contributed by atoms with Gasteiger partial charge in [0, 0.05) is 7.05 Å². The number of carboxylic acid groups (broad SMARTS) is 2. The maximum atomic E-state index is 12.3. The van der Waals surface area contributed by atoms with Gasteiger partial charge in [-0.3, -0.25) is 0 Å². The largest absolute Gasteiger partial charge is 0.478 e. The van der Waals surface area contributed by atoms with Gasteiger partial charge in [0.15, 0.2) is 5.84 Å². The number of nitrogens with two attached hydrogens (primary N) is 1. The van der Waals surface area contributed by atoms with E-state index in [0.29, 0.717) is 18.9 Å². The molecule has 2 atom stereocenters. The predicted octanol–water partition coefficient (Wildman–Crippen LogP) is 1.11. The summed E-state index contributed by atoms with van der Waals surface area (Å²) in [4.78, 5) is 39.7. The molecule has 160 valence electrons. The van der Waals surface area contributed by atoms with E-state index in [2.05, 4.69) is 9.99 Å². The van der Waals surface area contributed by atoms with Crippen LogP contribution in [0.15, 0.2) is 17.0 Å². The lowest BCUT2D eigenvalue weighted by atomic mass is 10.1. The molecule has 0 radical (unpaired) electrons. The van der Waals surface area contributed by atoms with Gasteiger partial charge in [0.1, 0.15) is 5.60 Å². The lowest BCUT2D eigenvalue weighted by Crippen LogP contribution is -2.47. The van der Waals surface area contributed by atoms with E-state index in [1.54, 1.807) is 27.7 Å². The average molecular weight is 403 g/mol. The molecule has 0 saturated carbocycles. The van der Waals surface area contributed by atoms with Crippen molar-refractivity contribution in [3.8, 4) is 0 Å². The smallest absolute Gasteiger partial charge is 0.410 e. The summed E-state index contributed by atoms with van der Waals surface area (Å²) in [6.45, 7) is 6.69. The number of nitrogens with zero attached hydrogens (tertiary/aromatic N) is 2. The minimum Gasteiger partial charge on any atom is -0.478 e. The third-order valence-corrected chi connectivity index (χ3v) is 3.30. The Morgan fingerprint density at radius 3 is 2.21 bits per heavy atom. The van der Waals surface area contributed by atoms with Gasteiger partial charge in [-0.25, -0.2) is 14.4 Å². The molecule has 0 bridgehead atoms. The van der Waals surface area contributed by atoms with Gasteiger partial charge in [0.05, 0.1) is 18.2 Å². The molecule has 28 heavy (non-hydrogen) atoms. The topological polar surface area (TPSA) is 172 Å². The molecule has 0 aliphatic rings. The average Bonchev–Trinajstić information content (AvgIpc) is 2.52. The van der Waals surface area contributed by atoms with E-state index < -0.39 is 41.5 Å². The fraction of sp³-hybridized carbons (Fsp3) is 0.647. The highest BCUT2D eigenvalue weighted by Gasteiger charge is 2.28. The number of ether oxygens (including phenoxy) is 1. The summed E-state index contributed by atoms with van der Waals surface area (Å²) < 4.78 is 5.28. The van der Waals surface area contributed by atoms with E-state index in [4.69, 9.17) is 20.7 Å². The Labute approximate surface area is 163 Å². The van der Waals surface area contributed by atoms with Crippen LogP contribution < -0.4 is 5.73 Å². The van der Waals surface area contributed by atoms with Crippen molar-refractivity contribution in [2.24, 2.45) is 10.9 Å². The molecule has 0 saturated heterocycles. The van der Waals surface area contributed by atoms with Gasteiger partial charge in [-0.1, -0.05) is 5.16 Å². The van der Waals surface area contributed by atoms with Gasteiger partial charge in [0.2, 0.25) is 5.76 Å². The Morgan fingerprint density at radius 2 is 1.79 bits per heavy atom. The van der Waals surface area contributed by atoms with Crippen molar-refractivity contribution in [2.75, 3.05) is 7.05 Å². The van der Waals surface area contributed by atoms with E-state index in [9.17, 15) is 19.5 Å². The summed E-state index contributed by atoms with van der Waals surface area (Å²) in [6, 6.07) is -0.825. The molecule has 5 N–H and O–H groups in total. The number of hydrogen-bond acceptors (Lipinski definition) is 7. The van der Waals surface area contributed by atoms with Crippen LogP contribution >= 0.6 is 0 Å². The SMILES string of the molecule is CC(O)CCCC(/C(N)=N/O/C(=C/C(=O)O)C(=O)O)N(C)C(=O)OC(C)(C)C. The molecular formula is C17H29N3O8. The highest BCUT2D eigenvalue weighted by Crippen LogP contribution is 2.15.